The van der Waals surface area contributed by atoms with Crippen LogP contribution in [0.1, 0.15) is 24.2 Å². The zero-order valence-corrected chi connectivity index (χ0v) is 16.8. The van der Waals surface area contributed by atoms with Gasteiger partial charge in [-0.05, 0) is 38.1 Å². The summed E-state index contributed by atoms with van der Waals surface area (Å²) in [6.45, 7) is 5.48. The molecule has 0 radical (unpaired) electrons. The number of aryl methyl sites for hydroxylation is 2. The number of fused-ring (bicyclic) bond motifs is 1. The van der Waals surface area contributed by atoms with E-state index in [1.807, 2.05) is 19.9 Å². The molecule has 0 aliphatic rings. The van der Waals surface area contributed by atoms with Gasteiger partial charge in [-0.1, -0.05) is 0 Å². The molecular weight excluding hydrogens is 374 g/mol. The SMILES string of the molecule is CCN(CC)c1cc2c(cc1NC(=O)c1ccc([N+](=O)[O-])cc1)n(C)c(=O)n2C. The van der Waals surface area contributed by atoms with Crippen LogP contribution < -0.4 is 15.9 Å². The van der Waals surface area contributed by atoms with E-state index >= 15 is 0 Å². The molecule has 0 aliphatic heterocycles. The molecule has 1 N–H and O–H groups in total. The molecule has 0 unspecified atom stereocenters. The Morgan fingerprint density at radius 3 is 2.14 bits per heavy atom. The summed E-state index contributed by atoms with van der Waals surface area (Å²) in [7, 11) is 3.40. The van der Waals surface area contributed by atoms with Crippen molar-refractivity contribution in [3.8, 4) is 0 Å². The first-order chi connectivity index (χ1) is 13.8. The van der Waals surface area contributed by atoms with Gasteiger partial charge in [0.15, 0.2) is 0 Å². The summed E-state index contributed by atoms with van der Waals surface area (Å²) >= 11 is 0. The lowest BCUT2D eigenvalue weighted by Gasteiger charge is -2.24. The van der Waals surface area contributed by atoms with Gasteiger partial charge in [-0.15, -0.1) is 0 Å². The van der Waals surface area contributed by atoms with Crippen molar-refractivity contribution in [3.05, 3.63) is 62.6 Å². The summed E-state index contributed by atoms with van der Waals surface area (Å²) in [4.78, 5) is 37.5. The van der Waals surface area contributed by atoms with Gasteiger partial charge < -0.3 is 10.2 Å². The number of amides is 1. The van der Waals surface area contributed by atoms with Gasteiger partial charge in [-0.25, -0.2) is 4.79 Å². The van der Waals surface area contributed by atoms with Crippen molar-refractivity contribution in [1.82, 2.24) is 9.13 Å². The number of nitro groups is 1. The second-order valence-corrected chi connectivity index (χ2v) is 6.69. The Morgan fingerprint density at radius 2 is 1.62 bits per heavy atom. The van der Waals surface area contributed by atoms with Crippen LogP contribution in [0.2, 0.25) is 0 Å². The number of benzene rings is 2. The predicted octanol–water partition coefficient (Wildman–Crippen LogP) is 2.88. The highest BCUT2D eigenvalue weighted by molar-refractivity contribution is 6.07. The van der Waals surface area contributed by atoms with Gasteiger partial charge in [0.1, 0.15) is 0 Å². The minimum absolute atomic E-state index is 0.0777. The third-order valence-electron chi connectivity index (χ3n) is 5.08. The predicted molar refractivity (Wildman–Crippen MR) is 113 cm³/mol. The molecule has 0 spiro atoms. The first-order valence-corrected chi connectivity index (χ1v) is 9.28. The Hall–Kier alpha value is -3.62. The van der Waals surface area contributed by atoms with Crippen LogP contribution in [0, 0.1) is 10.1 Å². The Balaban J connectivity index is 2.07. The number of nitrogens with zero attached hydrogens (tertiary/aromatic N) is 4. The molecule has 1 aromatic heterocycles. The Bertz CT molecular complexity index is 1140. The molecule has 29 heavy (non-hydrogen) atoms. The average Bonchev–Trinajstić information content (AvgIpc) is 2.92. The van der Waals surface area contributed by atoms with Crippen LogP contribution in [-0.4, -0.2) is 33.1 Å². The standard InChI is InChI=1S/C20H23N5O4/c1-5-24(6-2)16-12-18-17(22(3)20(27)23(18)4)11-15(16)21-19(26)13-7-9-14(10-8-13)25(28)29/h7-12H,5-6H2,1-4H3,(H,21,26). The smallest absolute Gasteiger partial charge is 0.328 e. The van der Waals surface area contributed by atoms with Crippen molar-refractivity contribution in [2.45, 2.75) is 13.8 Å². The van der Waals surface area contributed by atoms with Crippen LogP contribution in [0.3, 0.4) is 0 Å². The summed E-state index contributed by atoms with van der Waals surface area (Å²) in [5.74, 6) is -0.381. The second-order valence-electron chi connectivity index (χ2n) is 6.69. The minimum atomic E-state index is -0.510. The van der Waals surface area contributed by atoms with Crippen LogP contribution >= 0.6 is 0 Å². The largest absolute Gasteiger partial charge is 0.370 e. The van der Waals surface area contributed by atoms with Crippen LogP contribution in [0.25, 0.3) is 11.0 Å². The van der Waals surface area contributed by atoms with Crippen molar-refractivity contribution < 1.29 is 9.72 Å². The maximum absolute atomic E-state index is 12.8. The molecule has 1 amide bonds. The average molecular weight is 397 g/mol. The van der Waals surface area contributed by atoms with Crippen LogP contribution in [0.5, 0.6) is 0 Å². The molecule has 3 aromatic rings. The first kappa shape index (κ1) is 20.1. The van der Waals surface area contributed by atoms with E-state index in [1.54, 1.807) is 24.7 Å². The number of nitro benzene ring substituents is 1. The molecule has 9 nitrogen and oxygen atoms in total. The van der Waals surface area contributed by atoms with Gasteiger partial charge in [-0.3, -0.25) is 24.0 Å². The van der Waals surface area contributed by atoms with Gasteiger partial charge in [0, 0.05) is 44.9 Å². The number of carbonyl (C=O) groups is 1. The quantitative estimate of drug-likeness (QED) is 0.509. The van der Waals surface area contributed by atoms with Gasteiger partial charge in [-0.2, -0.15) is 0 Å². The Labute approximate surface area is 167 Å². The molecule has 0 atom stereocenters. The topological polar surface area (TPSA) is 102 Å². The fraction of sp³-hybridized carbons (Fsp3) is 0.300. The molecule has 0 saturated heterocycles. The van der Waals surface area contributed by atoms with Crippen molar-refractivity contribution >= 4 is 34.0 Å². The van der Waals surface area contributed by atoms with Crippen LogP contribution in [0.4, 0.5) is 17.1 Å². The van der Waals surface area contributed by atoms with E-state index in [0.29, 0.717) is 16.8 Å². The number of aromatic nitrogens is 2. The molecule has 0 bridgehead atoms. The summed E-state index contributed by atoms with van der Waals surface area (Å²) in [5, 5.41) is 13.7. The van der Waals surface area contributed by atoms with E-state index in [4.69, 9.17) is 0 Å². The minimum Gasteiger partial charge on any atom is -0.370 e. The number of hydrogen-bond donors (Lipinski definition) is 1. The lowest BCUT2D eigenvalue weighted by Crippen LogP contribution is -2.24. The molecule has 9 heteroatoms. The number of non-ortho nitro benzene ring substituents is 1. The summed E-state index contributed by atoms with van der Waals surface area (Å²) in [6, 6.07) is 9.11. The third-order valence-corrected chi connectivity index (χ3v) is 5.08. The van der Waals surface area contributed by atoms with E-state index in [9.17, 15) is 19.7 Å². The van der Waals surface area contributed by atoms with Gasteiger partial charge in [0.25, 0.3) is 11.6 Å². The monoisotopic (exact) mass is 397 g/mol. The van der Waals surface area contributed by atoms with Crippen molar-refractivity contribution in [2.24, 2.45) is 14.1 Å². The van der Waals surface area contributed by atoms with Gasteiger partial charge in [0.05, 0.1) is 27.3 Å². The van der Waals surface area contributed by atoms with Crippen LogP contribution in [-0.2, 0) is 14.1 Å². The molecule has 0 saturated carbocycles. The lowest BCUT2D eigenvalue weighted by molar-refractivity contribution is -0.384. The normalized spacial score (nSPS) is 10.9. The Kier molecular flexibility index (Phi) is 5.40. The number of imidazole rings is 1. The fourth-order valence-corrected chi connectivity index (χ4v) is 3.39. The maximum Gasteiger partial charge on any atom is 0.328 e. The van der Waals surface area contributed by atoms with E-state index in [0.717, 1.165) is 24.3 Å². The molecular formula is C20H23N5O4. The van der Waals surface area contributed by atoms with Crippen LogP contribution in [0.15, 0.2) is 41.2 Å². The van der Waals surface area contributed by atoms with E-state index in [2.05, 4.69) is 10.2 Å². The molecule has 152 valence electrons. The number of hydrogen-bond acceptors (Lipinski definition) is 5. The number of carbonyl (C=O) groups excluding carboxylic acids is 1. The zero-order chi connectivity index (χ0) is 21.3. The zero-order valence-electron chi connectivity index (χ0n) is 16.8. The maximum atomic E-state index is 12.8. The highest BCUT2D eigenvalue weighted by Gasteiger charge is 2.18. The second kappa shape index (κ2) is 7.78. The molecule has 0 aliphatic carbocycles. The van der Waals surface area contributed by atoms with E-state index < -0.39 is 4.92 Å². The summed E-state index contributed by atoms with van der Waals surface area (Å²) < 4.78 is 3.10. The van der Waals surface area contributed by atoms with Crippen molar-refractivity contribution in [1.29, 1.82) is 0 Å². The highest BCUT2D eigenvalue weighted by Crippen LogP contribution is 2.31. The van der Waals surface area contributed by atoms with Crippen molar-refractivity contribution in [2.75, 3.05) is 23.3 Å². The number of rotatable bonds is 6. The number of anilines is 2. The first-order valence-electron chi connectivity index (χ1n) is 9.28. The molecule has 2 aromatic carbocycles. The van der Waals surface area contributed by atoms with Gasteiger partial charge in [0.2, 0.25) is 0 Å². The van der Waals surface area contributed by atoms with Gasteiger partial charge >= 0.3 is 5.69 Å². The highest BCUT2D eigenvalue weighted by atomic mass is 16.6. The molecule has 3 rings (SSSR count). The fourth-order valence-electron chi connectivity index (χ4n) is 3.39. The molecule has 0 fully saturated rings. The lowest BCUT2D eigenvalue weighted by atomic mass is 10.1. The summed E-state index contributed by atoms with van der Waals surface area (Å²) in [6.07, 6.45) is 0. The van der Waals surface area contributed by atoms with E-state index in [1.165, 1.54) is 28.8 Å². The number of nitrogens with one attached hydrogen (secondary N) is 1. The summed E-state index contributed by atoms with van der Waals surface area (Å²) in [5.41, 5.74) is 2.93. The third kappa shape index (κ3) is 3.58. The van der Waals surface area contributed by atoms with Crippen molar-refractivity contribution in [3.63, 3.8) is 0 Å². The molecule has 1 heterocycles. The van der Waals surface area contributed by atoms with E-state index in [-0.39, 0.29) is 17.3 Å². The Morgan fingerprint density at radius 1 is 1.07 bits per heavy atom.